The Hall–Kier alpha value is -1.52. The summed E-state index contributed by atoms with van der Waals surface area (Å²) in [4.78, 5) is 4.09. The standard InChI is InChI=1S/C14H17ClN2O2/c1-3-17-9-16-7-12(17)8-19-14-5-4-11(15)6-13(14)10(2)18/h4-7,9-10,18H,3,8H2,1-2H3/t10-/m0/s1. The van der Waals surface area contributed by atoms with E-state index in [1.807, 2.05) is 4.57 Å². The van der Waals surface area contributed by atoms with Crippen molar-refractivity contribution in [3.63, 3.8) is 0 Å². The van der Waals surface area contributed by atoms with Crippen LogP contribution in [0.5, 0.6) is 5.75 Å². The summed E-state index contributed by atoms with van der Waals surface area (Å²) in [6.07, 6.45) is 2.93. The highest BCUT2D eigenvalue weighted by molar-refractivity contribution is 6.30. The highest BCUT2D eigenvalue weighted by Crippen LogP contribution is 2.28. The Balaban J connectivity index is 2.15. The topological polar surface area (TPSA) is 47.3 Å². The molecule has 0 aliphatic carbocycles. The Morgan fingerprint density at radius 3 is 2.95 bits per heavy atom. The van der Waals surface area contributed by atoms with Gasteiger partial charge in [0.1, 0.15) is 12.4 Å². The molecule has 1 heterocycles. The summed E-state index contributed by atoms with van der Waals surface area (Å²) < 4.78 is 7.77. The van der Waals surface area contributed by atoms with Gasteiger partial charge in [-0.3, -0.25) is 0 Å². The zero-order valence-electron chi connectivity index (χ0n) is 11.0. The molecule has 1 aromatic heterocycles. The number of halogens is 1. The lowest BCUT2D eigenvalue weighted by atomic mass is 10.1. The van der Waals surface area contributed by atoms with Crippen molar-refractivity contribution in [1.29, 1.82) is 0 Å². The molecule has 1 aromatic carbocycles. The number of nitrogens with zero attached hydrogens (tertiary/aromatic N) is 2. The van der Waals surface area contributed by atoms with Crippen molar-refractivity contribution in [2.45, 2.75) is 33.1 Å². The molecule has 0 aliphatic rings. The molecule has 0 aliphatic heterocycles. The van der Waals surface area contributed by atoms with Gasteiger partial charge in [0.05, 0.1) is 24.3 Å². The zero-order chi connectivity index (χ0) is 13.8. The second-order valence-electron chi connectivity index (χ2n) is 4.32. The Morgan fingerprint density at radius 2 is 2.26 bits per heavy atom. The van der Waals surface area contributed by atoms with Gasteiger partial charge in [-0.05, 0) is 32.0 Å². The highest BCUT2D eigenvalue weighted by atomic mass is 35.5. The first kappa shape index (κ1) is 13.9. The molecule has 19 heavy (non-hydrogen) atoms. The Bertz CT molecular complexity index is 552. The molecular weight excluding hydrogens is 264 g/mol. The molecule has 0 saturated heterocycles. The smallest absolute Gasteiger partial charge is 0.130 e. The van der Waals surface area contributed by atoms with Crippen LogP contribution in [-0.4, -0.2) is 14.7 Å². The lowest BCUT2D eigenvalue weighted by molar-refractivity contribution is 0.189. The minimum Gasteiger partial charge on any atom is -0.487 e. The van der Waals surface area contributed by atoms with Crippen LogP contribution in [-0.2, 0) is 13.2 Å². The summed E-state index contributed by atoms with van der Waals surface area (Å²) in [5, 5.41) is 10.3. The van der Waals surface area contributed by atoms with E-state index in [4.69, 9.17) is 16.3 Å². The predicted molar refractivity (Wildman–Crippen MR) is 74.3 cm³/mol. The summed E-state index contributed by atoms with van der Waals surface area (Å²) in [6, 6.07) is 5.25. The van der Waals surface area contributed by atoms with Gasteiger partial charge in [-0.15, -0.1) is 0 Å². The van der Waals surface area contributed by atoms with E-state index in [1.165, 1.54) is 0 Å². The van der Waals surface area contributed by atoms with E-state index in [1.54, 1.807) is 37.6 Å². The van der Waals surface area contributed by atoms with Gasteiger partial charge < -0.3 is 14.4 Å². The fourth-order valence-electron chi connectivity index (χ4n) is 1.88. The van der Waals surface area contributed by atoms with Crippen LogP contribution < -0.4 is 4.74 Å². The third kappa shape index (κ3) is 3.28. The minimum atomic E-state index is -0.621. The Morgan fingerprint density at radius 1 is 1.47 bits per heavy atom. The fraction of sp³-hybridized carbons (Fsp3) is 0.357. The van der Waals surface area contributed by atoms with Crippen molar-refractivity contribution in [1.82, 2.24) is 9.55 Å². The van der Waals surface area contributed by atoms with Crippen LogP contribution in [0.3, 0.4) is 0 Å². The van der Waals surface area contributed by atoms with Crippen LogP contribution in [0.4, 0.5) is 0 Å². The number of aliphatic hydroxyl groups excluding tert-OH is 1. The van der Waals surface area contributed by atoms with Crippen LogP contribution in [0.25, 0.3) is 0 Å². The van der Waals surface area contributed by atoms with Gasteiger partial charge in [-0.25, -0.2) is 4.98 Å². The maximum atomic E-state index is 9.73. The molecule has 1 atom stereocenters. The normalized spacial score (nSPS) is 12.4. The minimum absolute atomic E-state index is 0.412. The summed E-state index contributed by atoms with van der Waals surface area (Å²) >= 11 is 5.93. The lowest BCUT2D eigenvalue weighted by Crippen LogP contribution is -2.05. The molecule has 1 N–H and O–H groups in total. The molecule has 102 valence electrons. The number of rotatable bonds is 5. The number of aromatic nitrogens is 2. The van der Waals surface area contributed by atoms with E-state index in [0.717, 1.165) is 12.2 Å². The number of benzene rings is 1. The van der Waals surface area contributed by atoms with Gasteiger partial charge in [0, 0.05) is 17.1 Å². The van der Waals surface area contributed by atoms with Gasteiger partial charge in [0.15, 0.2) is 0 Å². The van der Waals surface area contributed by atoms with Crippen LogP contribution in [0.1, 0.15) is 31.2 Å². The van der Waals surface area contributed by atoms with Crippen molar-refractivity contribution in [2.24, 2.45) is 0 Å². The molecule has 0 unspecified atom stereocenters. The fourth-order valence-corrected chi connectivity index (χ4v) is 2.06. The molecule has 0 amide bonds. The number of hydrogen-bond donors (Lipinski definition) is 1. The lowest BCUT2D eigenvalue weighted by Gasteiger charge is -2.14. The average molecular weight is 281 g/mol. The number of ether oxygens (including phenoxy) is 1. The van der Waals surface area contributed by atoms with Crippen LogP contribution >= 0.6 is 11.6 Å². The predicted octanol–water partition coefficient (Wildman–Crippen LogP) is 3.19. The molecule has 2 rings (SSSR count). The molecule has 4 nitrogen and oxygen atoms in total. The van der Waals surface area contributed by atoms with Crippen molar-refractivity contribution >= 4 is 11.6 Å². The van der Waals surface area contributed by atoms with Gasteiger partial charge in [0.2, 0.25) is 0 Å². The molecule has 5 heteroatoms. The zero-order valence-corrected chi connectivity index (χ0v) is 11.8. The van der Waals surface area contributed by atoms with Crippen LogP contribution in [0.15, 0.2) is 30.7 Å². The molecule has 0 fully saturated rings. The van der Waals surface area contributed by atoms with E-state index >= 15 is 0 Å². The molecule has 2 aromatic rings. The summed E-state index contributed by atoms with van der Waals surface area (Å²) in [5.41, 5.74) is 1.68. The van der Waals surface area contributed by atoms with E-state index in [9.17, 15) is 5.11 Å². The third-order valence-electron chi connectivity index (χ3n) is 2.94. The third-order valence-corrected chi connectivity index (χ3v) is 3.17. The quantitative estimate of drug-likeness (QED) is 0.915. The summed E-state index contributed by atoms with van der Waals surface area (Å²) in [7, 11) is 0. The van der Waals surface area contributed by atoms with E-state index in [2.05, 4.69) is 11.9 Å². The molecule has 0 bridgehead atoms. The van der Waals surface area contributed by atoms with Crippen LogP contribution in [0, 0.1) is 0 Å². The Labute approximate surface area is 117 Å². The van der Waals surface area contributed by atoms with Gasteiger partial charge in [-0.2, -0.15) is 0 Å². The first-order valence-corrected chi connectivity index (χ1v) is 6.59. The molecule has 0 saturated carbocycles. The number of aryl methyl sites for hydroxylation is 1. The van der Waals surface area contributed by atoms with Gasteiger partial charge >= 0.3 is 0 Å². The van der Waals surface area contributed by atoms with Crippen molar-refractivity contribution in [2.75, 3.05) is 0 Å². The summed E-state index contributed by atoms with van der Waals surface area (Å²) in [5.74, 6) is 0.642. The molecule has 0 radical (unpaired) electrons. The first-order valence-electron chi connectivity index (χ1n) is 6.21. The molecule has 0 spiro atoms. The second kappa shape index (κ2) is 6.08. The number of hydrogen-bond acceptors (Lipinski definition) is 3. The number of imidazole rings is 1. The highest BCUT2D eigenvalue weighted by Gasteiger charge is 2.11. The second-order valence-corrected chi connectivity index (χ2v) is 4.75. The van der Waals surface area contributed by atoms with E-state index in [0.29, 0.717) is 22.9 Å². The summed E-state index contributed by atoms with van der Waals surface area (Å²) in [6.45, 7) is 5.00. The Kier molecular flexibility index (Phi) is 4.45. The maximum Gasteiger partial charge on any atom is 0.130 e. The SMILES string of the molecule is CCn1cncc1COc1ccc(Cl)cc1[C@H](C)O. The van der Waals surface area contributed by atoms with Gasteiger partial charge in [0.25, 0.3) is 0 Å². The van der Waals surface area contributed by atoms with E-state index in [-0.39, 0.29) is 0 Å². The van der Waals surface area contributed by atoms with Crippen molar-refractivity contribution in [3.05, 3.63) is 47.0 Å². The number of aliphatic hydroxyl groups is 1. The average Bonchev–Trinajstić information content (AvgIpc) is 2.84. The monoisotopic (exact) mass is 280 g/mol. The first-order chi connectivity index (χ1) is 9.11. The van der Waals surface area contributed by atoms with Crippen molar-refractivity contribution in [3.8, 4) is 5.75 Å². The molecular formula is C14H17ClN2O2. The van der Waals surface area contributed by atoms with E-state index < -0.39 is 6.10 Å². The van der Waals surface area contributed by atoms with Gasteiger partial charge in [-0.1, -0.05) is 11.6 Å². The maximum absolute atomic E-state index is 9.73. The van der Waals surface area contributed by atoms with Crippen LogP contribution in [0.2, 0.25) is 5.02 Å². The van der Waals surface area contributed by atoms with Crippen molar-refractivity contribution < 1.29 is 9.84 Å². The largest absolute Gasteiger partial charge is 0.487 e.